The fourth-order valence-corrected chi connectivity index (χ4v) is 4.39. The summed E-state index contributed by atoms with van der Waals surface area (Å²) >= 11 is 6.12. The van der Waals surface area contributed by atoms with E-state index in [1.165, 1.54) is 5.56 Å². The molecule has 5 rings (SSSR count). The van der Waals surface area contributed by atoms with Gasteiger partial charge in [0.05, 0.1) is 18.2 Å². The van der Waals surface area contributed by atoms with Crippen LogP contribution in [0, 0.1) is 13.8 Å². The molecule has 0 radical (unpaired) electrons. The Morgan fingerprint density at radius 3 is 2.43 bits per heavy atom. The van der Waals surface area contributed by atoms with E-state index < -0.39 is 6.04 Å². The zero-order valence-corrected chi connectivity index (χ0v) is 20.5. The first-order valence-electron chi connectivity index (χ1n) is 11.4. The van der Waals surface area contributed by atoms with Crippen molar-refractivity contribution >= 4 is 23.2 Å². The minimum absolute atomic E-state index is 0.190. The summed E-state index contributed by atoms with van der Waals surface area (Å²) in [6, 6.07) is 22.9. The summed E-state index contributed by atoms with van der Waals surface area (Å²) in [6.45, 7) is 6.40. The van der Waals surface area contributed by atoms with Gasteiger partial charge < -0.3 is 9.84 Å². The van der Waals surface area contributed by atoms with E-state index in [1.807, 2.05) is 81.4 Å². The monoisotopic (exact) mass is 484 g/mol. The largest absolute Gasteiger partial charge is 0.334 e. The Hall–Kier alpha value is -3.90. The van der Waals surface area contributed by atoms with Gasteiger partial charge in [0.25, 0.3) is 5.89 Å². The number of amides is 2. The predicted octanol–water partition coefficient (Wildman–Crippen LogP) is 6.70. The SMILES string of the molecule is CC1=C(c2nc(-c3cccc(C)c3)no2)C(c2ccc(Cl)cc2)NC(=O)N1Cc1ccc(C)cc1. The molecule has 0 spiro atoms. The van der Waals surface area contributed by atoms with Crippen molar-refractivity contribution < 1.29 is 9.32 Å². The smallest absolute Gasteiger partial charge is 0.322 e. The molecule has 1 aliphatic rings. The molecular weight excluding hydrogens is 460 g/mol. The summed E-state index contributed by atoms with van der Waals surface area (Å²) in [4.78, 5) is 19.7. The van der Waals surface area contributed by atoms with Crippen LogP contribution in [0.1, 0.15) is 41.1 Å². The van der Waals surface area contributed by atoms with Gasteiger partial charge in [0.1, 0.15) is 0 Å². The summed E-state index contributed by atoms with van der Waals surface area (Å²) in [5.41, 5.74) is 6.57. The summed E-state index contributed by atoms with van der Waals surface area (Å²) in [6.07, 6.45) is 0. The molecule has 3 aromatic carbocycles. The van der Waals surface area contributed by atoms with Crippen molar-refractivity contribution in [1.29, 1.82) is 0 Å². The second kappa shape index (κ2) is 9.39. The van der Waals surface area contributed by atoms with Crippen molar-refractivity contribution in [1.82, 2.24) is 20.4 Å². The normalized spacial score (nSPS) is 15.9. The number of nitrogens with one attached hydrogen (secondary N) is 1. The van der Waals surface area contributed by atoms with Gasteiger partial charge in [-0.1, -0.05) is 82.5 Å². The minimum atomic E-state index is -0.458. The van der Waals surface area contributed by atoms with Crippen molar-refractivity contribution in [3.63, 3.8) is 0 Å². The van der Waals surface area contributed by atoms with Crippen LogP contribution < -0.4 is 5.32 Å². The Bertz CT molecular complexity index is 1410. The second-order valence-corrected chi connectivity index (χ2v) is 9.23. The zero-order valence-electron chi connectivity index (χ0n) is 19.7. The second-order valence-electron chi connectivity index (χ2n) is 8.80. The third kappa shape index (κ3) is 4.70. The Morgan fingerprint density at radius 1 is 0.971 bits per heavy atom. The molecule has 7 heteroatoms. The fraction of sp³-hybridized carbons (Fsp3) is 0.179. The number of benzene rings is 3. The maximum absolute atomic E-state index is 13.3. The molecule has 1 aromatic heterocycles. The van der Waals surface area contributed by atoms with E-state index in [9.17, 15) is 4.79 Å². The molecule has 2 amide bonds. The number of nitrogens with zero attached hydrogens (tertiary/aromatic N) is 3. The van der Waals surface area contributed by atoms with Crippen LogP contribution >= 0.6 is 11.6 Å². The number of rotatable bonds is 5. The van der Waals surface area contributed by atoms with Crippen LogP contribution in [0.4, 0.5) is 4.79 Å². The molecule has 6 nitrogen and oxygen atoms in total. The van der Waals surface area contributed by atoms with Crippen LogP contribution in [-0.2, 0) is 6.54 Å². The maximum atomic E-state index is 13.3. The van der Waals surface area contributed by atoms with E-state index in [-0.39, 0.29) is 6.03 Å². The number of carbonyl (C=O) groups excluding carboxylic acids is 1. The number of aromatic nitrogens is 2. The average Bonchev–Trinajstić information content (AvgIpc) is 3.33. The highest BCUT2D eigenvalue weighted by Gasteiger charge is 2.35. The van der Waals surface area contributed by atoms with E-state index in [0.29, 0.717) is 23.3 Å². The molecular formula is C28H25ClN4O2. The van der Waals surface area contributed by atoms with Gasteiger partial charge in [-0.25, -0.2) is 4.79 Å². The van der Waals surface area contributed by atoms with E-state index in [4.69, 9.17) is 21.1 Å². The topological polar surface area (TPSA) is 71.3 Å². The zero-order chi connectivity index (χ0) is 24.5. The lowest BCUT2D eigenvalue weighted by atomic mass is 9.94. The van der Waals surface area contributed by atoms with Crippen LogP contribution in [0.5, 0.6) is 0 Å². The fourth-order valence-electron chi connectivity index (χ4n) is 4.26. The van der Waals surface area contributed by atoms with Crippen LogP contribution in [-0.4, -0.2) is 21.1 Å². The number of hydrogen-bond acceptors (Lipinski definition) is 4. The standard InChI is InChI=1S/C28H25ClN4O2/c1-17-7-9-20(10-8-17)16-33-19(3)24(25(30-28(33)34)21-11-13-23(29)14-12-21)27-31-26(32-35-27)22-6-4-5-18(2)15-22/h4-15,25H,16H2,1-3H3,(H,30,34). The Balaban J connectivity index is 1.59. The highest BCUT2D eigenvalue weighted by Crippen LogP contribution is 2.38. The van der Waals surface area contributed by atoms with Gasteiger partial charge in [0, 0.05) is 16.3 Å². The lowest BCUT2D eigenvalue weighted by Gasteiger charge is -2.35. The summed E-state index contributed by atoms with van der Waals surface area (Å²) in [5, 5.41) is 8.00. The highest BCUT2D eigenvalue weighted by molar-refractivity contribution is 6.30. The summed E-state index contributed by atoms with van der Waals surface area (Å²) < 4.78 is 5.77. The molecule has 1 aliphatic heterocycles. The first-order chi connectivity index (χ1) is 16.9. The number of halogens is 1. The van der Waals surface area contributed by atoms with Gasteiger partial charge in [-0.2, -0.15) is 4.98 Å². The van der Waals surface area contributed by atoms with Crippen molar-refractivity contribution in [2.75, 3.05) is 0 Å². The van der Waals surface area contributed by atoms with Gasteiger partial charge >= 0.3 is 6.03 Å². The molecule has 1 N–H and O–H groups in total. The maximum Gasteiger partial charge on any atom is 0.322 e. The number of allylic oxidation sites excluding steroid dienone is 1. The Labute approximate surface area is 209 Å². The van der Waals surface area contributed by atoms with Crippen LogP contribution in [0.3, 0.4) is 0 Å². The Kier molecular flexibility index (Phi) is 6.14. The number of aryl methyl sites for hydroxylation is 2. The van der Waals surface area contributed by atoms with Gasteiger partial charge in [0.15, 0.2) is 0 Å². The summed E-state index contributed by atoms with van der Waals surface area (Å²) in [7, 11) is 0. The number of urea groups is 1. The van der Waals surface area contributed by atoms with Crippen LogP contribution in [0.15, 0.2) is 83.0 Å². The molecule has 0 saturated carbocycles. The molecule has 0 aliphatic carbocycles. The lowest BCUT2D eigenvalue weighted by molar-refractivity contribution is 0.203. The van der Waals surface area contributed by atoms with Gasteiger partial charge in [-0.15, -0.1) is 0 Å². The third-order valence-corrected chi connectivity index (χ3v) is 6.45. The minimum Gasteiger partial charge on any atom is -0.334 e. The predicted molar refractivity (Wildman–Crippen MR) is 137 cm³/mol. The number of hydrogen-bond donors (Lipinski definition) is 1. The first kappa shape index (κ1) is 22.9. The van der Waals surface area contributed by atoms with Crippen molar-refractivity contribution in [3.8, 4) is 11.4 Å². The van der Waals surface area contributed by atoms with E-state index in [1.54, 1.807) is 17.0 Å². The van der Waals surface area contributed by atoms with Gasteiger partial charge in [-0.05, 0) is 50.1 Å². The molecule has 1 atom stereocenters. The molecule has 35 heavy (non-hydrogen) atoms. The Morgan fingerprint density at radius 2 is 1.71 bits per heavy atom. The molecule has 2 heterocycles. The third-order valence-electron chi connectivity index (χ3n) is 6.19. The molecule has 176 valence electrons. The molecule has 0 saturated heterocycles. The molecule has 0 fully saturated rings. The van der Waals surface area contributed by atoms with Crippen molar-refractivity contribution in [2.24, 2.45) is 0 Å². The average molecular weight is 485 g/mol. The van der Waals surface area contributed by atoms with Gasteiger partial charge in [-0.3, -0.25) is 4.90 Å². The van der Waals surface area contributed by atoms with Crippen molar-refractivity contribution in [3.05, 3.63) is 112 Å². The van der Waals surface area contributed by atoms with E-state index in [2.05, 4.69) is 10.5 Å². The molecule has 0 bridgehead atoms. The molecule has 4 aromatic rings. The molecule has 1 unspecified atom stereocenters. The van der Waals surface area contributed by atoms with Crippen LogP contribution in [0.25, 0.3) is 17.0 Å². The summed E-state index contributed by atoms with van der Waals surface area (Å²) in [5.74, 6) is 0.869. The van der Waals surface area contributed by atoms with E-state index >= 15 is 0 Å². The van der Waals surface area contributed by atoms with Crippen LogP contribution in [0.2, 0.25) is 5.02 Å². The first-order valence-corrected chi connectivity index (χ1v) is 11.8. The number of carbonyl (C=O) groups is 1. The highest BCUT2D eigenvalue weighted by atomic mass is 35.5. The van der Waals surface area contributed by atoms with Gasteiger partial charge in [0.2, 0.25) is 5.82 Å². The lowest BCUT2D eigenvalue weighted by Crippen LogP contribution is -2.45. The van der Waals surface area contributed by atoms with Crippen molar-refractivity contribution in [2.45, 2.75) is 33.4 Å². The van der Waals surface area contributed by atoms with E-state index in [0.717, 1.165) is 33.5 Å². The quantitative estimate of drug-likeness (QED) is 0.342.